The van der Waals surface area contributed by atoms with Gasteiger partial charge in [0.15, 0.2) is 0 Å². The largest absolute Gasteiger partial charge is 0.368 e. The average Bonchev–Trinajstić information content (AvgIpc) is 2.83. The van der Waals surface area contributed by atoms with Crippen molar-refractivity contribution >= 4 is 28.6 Å². The predicted molar refractivity (Wildman–Crippen MR) is 87.9 cm³/mol. The number of benzene rings is 1. The molecule has 1 N–H and O–H groups in total. The first kappa shape index (κ1) is 15.3. The summed E-state index contributed by atoms with van der Waals surface area (Å²) in [4.78, 5) is 7.72. The van der Waals surface area contributed by atoms with Crippen molar-refractivity contribution < 1.29 is 0 Å². The number of hydrogen-bond acceptors (Lipinski definition) is 4. The van der Waals surface area contributed by atoms with E-state index in [-0.39, 0.29) is 0 Å². The summed E-state index contributed by atoms with van der Waals surface area (Å²) in [5, 5.41) is 4.01. The van der Waals surface area contributed by atoms with Crippen molar-refractivity contribution in [3.05, 3.63) is 44.9 Å². The van der Waals surface area contributed by atoms with Crippen molar-refractivity contribution in [1.29, 1.82) is 0 Å². The zero-order chi connectivity index (χ0) is 14.7. The summed E-state index contributed by atoms with van der Waals surface area (Å²) in [5.41, 5.74) is 5.23. The van der Waals surface area contributed by atoms with Gasteiger partial charge in [0.1, 0.15) is 0 Å². The van der Waals surface area contributed by atoms with Crippen LogP contribution in [0.25, 0.3) is 0 Å². The Balaban J connectivity index is 2.18. The number of anilines is 1. The smallest absolute Gasteiger partial charge is 0.0798 e. The summed E-state index contributed by atoms with van der Waals surface area (Å²) >= 11 is 8.11. The van der Waals surface area contributed by atoms with Gasteiger partial charge < -0.3 is 10.2 Å². The fourth-order valence-corrected chi connectivity index (χ4v) is 3.21. The number of hydrogen-bond donors (Lipinski definition) is 1. The third kappa shape index (κ3) is 3.32. The van der Waals surface area contributed by atoms with Gasteiger partial charge in [-0.25, -0.2) is 4.98 Å². The van der Waals surface area contributed by atoms with E-state index in [9.17, 15) is 0 Å². The van der Waals surface area contributed by atoms with Crippen LogP contribution in [0.15, 0.2) is 23.7 Å². The van der Waals surface area contributed by atoms with Gasteiger partial charge in [-0.3, -0.25) is 0 Å². The van der Waals surface area contributed by atoms with Gasteiger partial charge in [-0.15, -0.1) is 11.3 Å². The Hall–Kier alpha value is -1.10. The fourth-order valence-electron chi connectivity index (χ4n) is 2.05. The van der Waals surface area contributed by atoms with Gasteiger partial charge in [-0.1, -0.05) is 17.7 Å². The fraction of sp³-hybridized carbons (Fsp3) is 0.400. The van der Waals surface area contributed by atoms with Crippen molar-refractivity contribution in [1.82, 2.24) is 10.3 Å². The summed E-state index contributed by atoms with van der Waals surface area (Å²) in [6.45, 7) is 4.99. The van der Waals surface area contributed by atoms with Crippen molar-refractivity contribution in [3.8, 4) is 0 Å². The van der Waals surface area contributed by atoms with E-state index in [0.29, 0.717) is 6.04 Å². The van der Waals surface area contributed by atoms with Crippen LogP contribution >= 0.6 is 22.9 Å². The van der Waals surface area contributed by atoms with Crippen LogP contribution in [0.5, 0.6) is 0 Å². The molecule has 0 aliphatic heterocycles. The SMILES string of the molecule is CNC(C)c1ccc(N(C)Cc2scnc2C)c(Cl)c1. The Morgan fingerprint density at radius 1 is 1.45 bits per heavy atom. The highest BCUT2D eigenvalue weighted by atomic mass is 35.5. The highest BCUT2D eigenvalue weighted by Crippen LogP contribution is 2.30. The second-order valence-corrected chi connectivity index (χ2v) is 6.28. The van der Waals surface area contributed by atoms with Crippen LogP contribution in [0.2, 0.25) is 5.02 Å². The molecular weight excluding hydrogens is 290 g/mol. The molecular formula is C15H20ClN3S. The Morgan fingerprint density at radius 3 is 2.75 bits per heavy atom. The number of nitrogens with zero attached hydrogens (tertiary/aromatic N) is 2. The van der Waals surface area contributed by atoms with Crippen LogP contribution in [0.3, 0.4) is 0 Å². The molecule has 0 saturated carbocycles. The summed E-state index contributed by atoms with van der Waals surface area (Å²) in [6, 6.07) is 6.55. The molecule has 1 unspecified atom stereocenters. The van der Waals surface area contributed by atoms with E-state index in [1.54, 1.807) is 11.3 Å². The Morgan fingerprint density at radius 2 is 2.20 bits per heavy atom. The number of aromatic nitrogens is 1. The lowest BCUT2D eigenvalue weighted by molar-refractivity contribution is 0.652. The van der Waals surface area contributed by atoms with Gasteiger partial charge in [0.25, 0.3) is 0 Å². The molecule has 2 aromatic rings. The Labute approximate surface area is 129 Å². The summed E-state index contributed by atoms with van der Waals surface area (Å²) in [5.74, 6) is 0. The first-order valence-corrected chi connectivity index (χ1v) is 7.85. The topological polar surface area (TPSA) is 28.2 Å². The van der Waals surface area contributed by atoms with Crippen LogP contribution < -0.4 is 10.2 Å². The number of thiazole rings is 1. The van der Waals surface area contributed by atoms with E-state index in [0.717, 1.165) is 22.9 Å². The molecule has 0 aliphatic carbocycles. The van der Waals surface area contributed by atoms with Crippen LogP contribution in [-0.4, -0.2) is 19.1 Å². The summed E-state index contributed by atoms with van der Waals surface area (Å²) in [6.07, 6.45) is 0. The maximum atomic E-state index is 6.42. The number of rotatable bonds is 5. The van der Waals surface area contributed by atoms with E-state index >= 15 is 0 Å². The average molecular weight is 310 g/mol. The van der Waals surface area contributed by atoms with Gasteiger partial charge >= 0.3 is 0 Å². The first-order chi connectivity index (χ1) is 9.52. The van der Waals surface area contributed by atoms with E-state index in [2.05, 4.69) is 41.3 Å². The van der Waals surface area contributed by atoms with Crippen molar-refractivity contribution in [3.63, 3.8) is 0 Å². The van der Waals surface area contributed by atoms with Gasteiger partial charge in [-0.2, -0.15) is 0 Å². The van der Waals surface area contributed by atoms with Crippen LogP contribution in [0, 0.1) is 6.92 Å². The quantitative estimate of drug-likeness (QED) is 0.904. The summed E-state index contributed by atoms with van der Waals surface area (Å²) < 4.78 is 0. The van der Waals surface area contributed by atoms with Crippen molar-refractivity contribution in [2.45, 2.75) is 26.4 Å². The second kappa shape index (κ2) is 6.57. The van der Waals surface area contributed by atoms with Gasteiger partial charge in [0.05, 0.1) is 28.5 Å². The Kier molecular flexibility index (Phi) is 5.02. The van der Waals surface area contributed by atoms with E-state index in [4.69, 9.17) is 11.6 Å². The lowest BCUT2D eigenvalue weighted by atomic mass is 10.1. The number of nitrogens with one attached hydrogen (secondary N) is 1. The molecule has 1 aromatic heterocycles. The molecule has 1 aromatic carbocycles. The molecule has 2 rings (SSSR count). The van der Waals surface area contributed by atoms with Crippen molar-refractivity contribution in [2.75, 3.05) is 19.0 Å². The molecule has 5 heteroatoms. The molecule has 3 nitrogen and oxygen atoms in total. The molecule has 0 radical (unpaired) electrons. The zero-order valence-electron chi connectivity index (χ0n) is 12.3. The van der Waals surface area contributed by atoms with Crippen LogP contribution in [0.4, 0.5) is 5.69 Å². The predicted octanol–water partition coefficient (Wildman–Crippen LogP) is 4.02. The third-order valence-electron chi connectivity index (χ3n) is 3.54. The van der Waals surface area contributed by atoms with Gasteiger partial charge in [0, 0.05) is 18.0 Å². The lowest BCUT2D eigenvalue weighted by Crippen LogP contribution is -2.17. The maximum absolute atomic E-state index is 6.42. The molecule has 108 valence electrons. The number of aryl methyl sites for hydroxylation is 1. The molecule has 0 bridgehead atoms. The maximum Gasteiger partial charge on any atom is 0.0798 e. The minimum absolute atomic E-state index is 0.301. The molecule has 0 saturated heterocycles. The Bertz CT molecular complexity index is 582. The van der Waals surface area contributed by atoms with Crippen LogP contribution in [-0.2, 0) is 6.54 Å². The lowest BCUT2D eigenvalue weighted by Gasteiger charge is -2.21. The van der Waals surface area contributed by atoms with Gasteiger partial charge in [-0.05, 0) is 38.6 Å². The van der Waals surface area contributed by atoms with Gasteiger partial charge in [0.2, 0.25) is 0 Å². The molecule has 0 spiro atoms. The van der Waals surface area contributed by atoms with E-state index in [1.165, 1.54) is 10.4 Å². The standard InChI is InChI=1S/C15H20ClN3S/c1-10(17-3)12-5-6-14(13(16)7-12)19(4)8-15-11(2)18-9-20-15/h5-7,9-10,17H,8H2,1-4H3. The summed E-state index contributed by atoms with van der Waals surface area (Å²) in [7, 11) is 4.01. The minimum Gasteiger partial charge on any atom is -0.368 e. The molecule has 0 fully saturated rings. The molecule has 0 amide bonds. The van der Waals surface area contributed by atoms with E-state index in [1.807, 2.05) is 25.5 Å². The van der Waals surface area contributed by atoms with E-state index < -0.39 is 0 Å². The molecule has 20 heavy (non-hydrogen) atoms. The third-order valence-corrected chi connectivity index (χ3v) is 4.76. The minimum atomic E-state index is 0.301. The molecule has 0 aliphatic rings. The second-order valence-electron chi connectivity index (χ2n) is 4.94. The normalized spacial score (nSPS) is 12.4. The van der Waals surface area contributed by atoms with Crippen molar-refractivity contribution in [2.24, 2.45) is 0 Å². The monoisotopic (exact) mass is 309 g/mol. The van der Waals surface area contributed by atoms with Crippen LogP contribution in [0.1, 0.15) is 29.1 Å². The number of halogens is 1. The molecule has 1 heterocycles. The zero-order valence-corrected chi connectivity index (χ0v) is 13.8. The first-order valence-electron chi connectivity index (χ1n) is 6.59. The molecule has 1 atom stereocenters. The highest BCUT2D eigenvalue weighted by molar-refractivity contribution is 7.09. The highest BCUT2D eigenvalue weighted by Gasteiger charge is 2.12.